The van der Waals surface area contributed by atoms with E-state index in [1.165, 1.54) is 25.3 Å². The van der Waals surface area contributed by atoms with Crippen molar-refractivity contribution in [1.29, 1.82) is 0 Å². The molecule has 5 aromatic rings. The number of nitrogens with one attached hydrogen (secondary N) is 1. The maximum absolute atomic E-state index is 12.8. The van der Waals surface area contributed by atoms with Gasteiger partial charge in [0.1, 0.15) is 23.0 Å². The number of benzene rings is 5. The molecule has 0 saturated carbocycles. The summed E-state index contributed by atoms with van der Waals surface area (Å²) >= 11 is 3.26. The maximum Gasteiger partial charge on any atom is 0.268 e. The number of methoxy groups -OCH3 is 1. The summed E-state index contributed by atoms with van der Waals surface area (Å²) in [5.41, 5.74) is 4.04. The van der Waals surface area contributed by atoms with Crippen molar-refractivity contribution in [1.82, 2.24) is 4.72 Å². The molecule has 1 amide bonds. The van der Waals surface area contributed by atoms with Gasteiger partial charge in [-0.3, -0.25) is 4.79 Å². The van der Waals surface area contributed by atoms with Gasteiger partial charge in [-0.1, -0.05) is 94.8 Å². The van der Waals surface area contributed by atoms with Crippen LogP contribution in [0, 0.1) is 0 Å². The molecule has 6 nitrogen and oxygen atoms in total. The molecule has 0 saturated heterocycles. The summed E-state index contributed by atoms with van der Waals surface area (Å²) in [7, 11) is -2.77. The Labute approximate surface area is 253 Å². The largest absolute Gasteiger partial charge is 0.495 e. The van der Waals surface area contributed by atoms with E-state index in [0.717, 1.165) is 38.8 Å². The predicted octanol–water partition coefficient (Wildman–Crippen LogP) is 7.30. The molecule has 212 valence electrons. The van der Waals surface area contributed by atoms with Crippen LogP contribution in [0.4, 0.5) is 0 Å². The van der Waals surface area contributed by atoms with Crippen LogP contribution in [-0.4, -0.2) is 21.4 Å². The highest BCUT2D eigenvalue weighted by Gasteiger charge is 2.21. The van der Waals surface area contributed by atoms with Gasteiger partial charge in [0, 0.05) is 10.5 Å². The lowest BCUT2D eigenvalue weighted by molar-refractivity contribution is -0.114. The van der Waals surface area contributed by atoms with Gasteiger partial charge in [0.05, 0.1) is 7.11 Å². The van der Waals surface area contributed by atoms with Crippen LogP contribution in [0.3, 0.4) is 0 Å². The van der Waals surface area contributed by atoms with Crippen molar-refractivity contribution in [2.24, 2.45) is 0 Å². The van der Waals surface area contributed by atoms with Crippen LogP contribution in [0.1, 0.15) is 22.3 Å². The lowest BCUT2D eigenvalue weighted by Gasteiger charge is -2.11. The first-order valence-electron chi connectivity index (χ1n) is 13.2. The normalized spacial score (nSPS) is 11.5. The Bertz CT molecular complexity index is 1870. The van der Waals surface area contributed by atoms with E-state index < -0.39 is 15.9 Å². The second-order valence-electron chi connectivity index (χ2n) is 9.59. The number of carbonyl (C=O) groups is 1. The third-order valence-corrected chi connectivity index (χ3v) is 8.50. The van der Waals surface area contributed by atoms with Crippen LogP contribution >= 0.6 is 15.9 Å². The molecule has 1 N–H and O–H groups in total. The molecular formula is C34H28BrNO5S. The highest BCUT2D eigenvalue weighted by molar-refractivity contribution is 9.10. The van der Waals surface area contributed by atoms with E-state index in [9.17, 15) is 13.2 Å². The van der Waals surface area contributed by atoms with Gasteiger partial charge in [0.2, 0.25) is 0 Å². The minimum Gasteiger partial charge on any atom is -0.495 e. The fourth-order valence-electron chi connectivity index (χ4n) is 4.54. The molecule has 0 bridgehead atoms. The van der Waals surface area contributed by atoms with E-state index >= 15 is 0 Å². The van der Waals surface area contributed by atoms with Crippen molar-refractivity contribution >= 4 is 48.7 Å². The monoisotopic (exact) mass is 641 g/mol. The Morgan fingerprint density at radius 1 is 0.833 bits per heavy atom. The van der Waals surface area contributed by atoms with Crippen LogP contribution in [0.5, 0.6) is 11.5 Å². The molecule has 0 radical (unpaired) electrons. The molecule has 0 spiro atoms. The van der Waals surface area contributed by atoms with Crippen molar-refractivity contribution in [3.8, 4) is 11.5 Å². The number of rotatable bonds is 10. The van der Waals surface area contributed by atoms with Crippen molar-refractivity contribution in [3.05, 3.63) is 142 Å². The van der Waals surface area contributed by atoms with Crippen molar-refractivity contribution in [2.45, 2.75) is 17.9 Å². The van der Waals surface area contributed by atoms with Crippen molar-refractivity contribution < 1.29 is 22.7 Å². The molecule has 0 aliphatic carbocycles. The number of ether oxygens (including phenoxy) is 2. The summed E-state index contributed by atoms with van der Waals surface area (Å²) < 4.78 is 39.5. The molecular weight excluding hydrogens is 614 g/mol. The summed E-state index contributed by atoms with van der Waals surface area (Å²) in [4.78, 5) is 12.5. The zero-order chi connectivity index (χ0) is 29.5. The summed E-state index contributed by atoms with van der Waals surface area (Å²) in [6.45, 7) is 0.511. The Hall–Kier alpha value is -4.40. The lowest BCUT2D eigenvalue weighted by Crippen LogP contribution is -2.29. The highest BCUT2D eigenvalue weighted by Crippen LogP contribution is 2.28. The second kappa shape index (κ2) is 13.1. The first kappa shape index (κ1) is 29.1. The van der Waals surface area contributed by atoms with Crippen molar-refractivity contribution in [3.63, 3.8) is 0 Å². The molecule has 0 heterocycles. The minimum absolute atomic E-state index is 0.132. The quantitative estimate of drug-likeness (QED) is 0.162. The van der Waals surface area contributed by atoms with Crippen LogP contribution < -0.4 is 14.2 Å². The molecule has 42 heavy (non-hydrogen) atoms. The first-order valence-corrected chi connectivity index (χ1v) is 15.4. The fraction of sp³-hybridized carbons (Fsp3) is 0.0882. The van der Waals surface area contributed by atoms with Gasteiger partial charge in [0.25, 0.3) is 15.9 Å². The average Bonchev–Trinajstić information content (AvgIpc) is 3.00. The molecule has 0 atom stereocenters. The van der Waals surface area contributed by atoms with Gasteiger partial charge in [-0.15, -0.1) is 0 Å². The molecule has 5 aromatic carbocycles. The van der Waals surface area contributed by atoms with E-state index in [1.54, 1.807) is 12.1 Å². The molecule has 0 aliphatic rings. The molecule has 8 heteroatoms. The summed E-state index contributed by atoms with van der Waals surface area (Å²) in [5, 5.41) is 2.18. The van der Waals surface area contributed by atoms with Crippen LogP contribution in [-0.2, 0) is 27.8 Å². The fourth-order valence-corrected chi connectivity index (χ4v) is 6.19. The van der Waals surface area contributed by atoms with E-state index in [1.807, 2.05) is 66.7 Å². The average molecular weight is 643 g/mol. The third kappa shape index (κ3) is 7.26. The first-order chi connectivity index (χ1) is 20.3. The standard InChI is InChI=1S/C34H28BrNO5S/c1-40-32-17-15-30(35)22-33(32)42(38,39)36-34(37)18-14-26-9-5-6-10-27(26)19-25-11-12-29-21-31(16-13-28(29)20-25)41-23-24-7-3-2-4-8-24/h2-18,20-22H,19,23H2,1H3,(H,36,37). The second-order valence-corrected chi connectivity index (χ2v) is 12.2. The molecule has 5 rings (SSSR count). The maximum atomic E-state index is 12.8. The number of hydrogen-bond donors (Lipinski definition) is 1. The van der Waals surface area contributed by atoms with Gasteiger partial charge in [-0.25, -0.2) is 13.1 Å². The van der Waals surface area contributed by atoms with Crippen LogP contribution in [0.2, 0.25) is 0 Å². The van der Waals surface area contributed by atoms with Crippen LogP contribution in [0.25, 0.3) is 16.8 Å². The van der Waals surface area contributed by atoms with E-state index in [4.69, 9.17) is 9.47 Å². The summed E-state index contributed by atoms with van der Waals surface area (Å²) in [6.07, 6.45) is 3.48. The Kier molecular flexibility index (Phi) is 9.05. The Morgan fingerprint density at radius 3 is 2.38 bits per heavy atom. The van der Waals surface area contributed by atoms with Gasteiger partial charge in [-0.2, -0.15) is 0 Å². The van der Waals surface area contributed by atoms with E-state index in [2.05, 4.69) is 44.9 Å². The molecule has 0 aliphatic heterocycles. The number of fused-ring (bicyclic) bond motifs is 1. The zero-order valence-electron chi connectivity index (χ0n) is 22.8. The Balaban J connectivity index is 1.28. The summed E-state index contributed by atoms with van der Waals surface area (Å²) in [5.74, 6) is 0.190. The topological polar surface area (TPSA) is 81.7 Å². The zero-order valence-corrected chi connectivity index (χ0v) is 25.2. The number of sulfonamides is 1. The number of halogens is 1. The Morgan fingerprint density at radius 2 is 1.57 bits per heavy atom. The molecule has 0 unspecified atom stereocenters. The van der Waals surface area contributed by atoms with Gasteiger partial charge < -0.3 is 9.47 Å². The molecule has 0 aromatic heterocycles. The highest BCUT2D eigenvalue weighted by atomic mass is 79.9. The predicted molar refractivity (Wildman–Crippen MR) is 169 cm³/mol. The molecule has 0 fully saturated rings. The number of hydrogen-bond acceptors (Lipinski definition) is 5. The van der Waals surface area contributed by atoms with E-state index in [0.29, 0.717) is 17.5 Å². The number of carbonyl (C=O) groups excluding carboxylic acids is 1. The SMILES string of the molecule is COc1ccc(Br)cc1S(=O)(=O)NC(=O)C=Cc1ccccc1Cc1ccc2cc(OCc3ccccc3)ccc2c1. The smallest absolute Gasteiger partial charge is 0.268 e. The third-order valence-electron chi connectivity index (χ3n) is 6.64. The van der Waals surface area contributed by atoms with Crippen LogP contribution in [0.15, 0.2) is 125 Å². The minimum atomic E-state index is -4.14. The summed E-state index contributed by atoms with van der Waals surface area (Å²) in [6, 6.07) is 34.7. The van der Waals surface area contributed by atoms with Gasteiger partial charge >= 0.3 is 0 Å². The van der Waals surface area contributed by atoms with E-state index in [-0.39, 0.29) is 10.6 Å². The van der Waals surface area contributed by atoms with Gasteiger partial charge in [-0.05, 0) is 75.9 Å². The lowest BCUT2D eigenvalue weighted by atomic mass is 9.97. The van der Waals surface area contributed by atoms with Crippen molar-refractivity contribution in [2.75, 3.05) is 7.11 Å². The number of amides is 1. The van der Waals surface area contributed by atoms with Gasteiger partial charge in [0.15, 0.2) is 0 Å².